The molecular weight excluding hydrogens is 268 g/mol. The molecule has 0 aromatic rings. The molecule has 0 N–H and O–H groups in total. The molecular formula is C13H16O7. The molecule has 0 aliphatic carbocycles. The van der Waals surface area contributed by atoms with Crippen molar-refractivity contribution in [1.29, 1.82) is 0 Å². The van der Waals surface area contributed by atoms with E-state index in [9.17, 15) is 24.0 Å². The number of hydrogen-bond donors (Lipinski definition) is 0. The van der Waals surface area contributed by atoms with Crippen molar-refractivity contribution in [2.75, 3.05) is 13.2 Å². The molecule has 0 aliphatic rings. The summed E-state index contributed by atoms with van der Waals surface area (Å²) in [5, 5.41) is 0. The van der Waals surface area contributed by atoms with Gasteiger partial charge in [0.1, 0.15) is 24.8 Å². The van der Waals surface area contributed by atoms with Crippen LogP contribution in [0, 0.1) is 0 Å². The Bertz CT molecular complexity index is 448. The van der Waals surface area contributed by atoms with Crippen molar-refractivity contribution < 1.29 is 33.4 Å². The normalized spacial score (nSPS) is 9.50. The molecule has 0 heterocycles. The quantitative estimate of drug-likeness (QED) is 0.195. The predicted octanol–water partition coefficient (Wildman–Crippen LogP) is 0.156. The van der Waals surface area contributed by atoms with E-state index in [1.807, 2.05) is 0 Å². The second-order valence-corrected chi connectivity index (χ2v) is 4.07. The fourth-order valence-corrected chi connectivity index (χ4v) is 1.06. The molecule has 7 heteroatoms. The van der Waals surface area contributed by atoms with Gasteiger partial charge in [0.05, 0.1) is 12.8 Å². The molecule has 20 heavy (non-hydrogen) atoms. The molecule has 0 amide bonds. The van der Waals surface area contributed by atoms with Crippen LogP contribution in [0.3, 0.4) is 0 Å². The number of ether oxygens (including phenoxy) is 2. The first-order valence-electron chi connectivity index (χ1n) is 5.77. The van der Waals surface area contributed by atoms with Gasteiger partial charge in [-0.1, -0.05) is 6.58 Å². The largest absolute Gasteiger partial charge is 0.459 e. The fourth-order valence-electron chi connectivity index (χ4n) is 1.06. The van der Waals surface area contributed by atoms with Crippen LogP contribution < -0.4 is 0 Å². The van der Waals surface area contributed by atoms with Crippen LogP contribution in [0.2, 0.25) is 0 Å². The molecule has 0 rings (SSSR count). The maximum atomic E-state index is 11.2. The summed E-state index contributed by atoms with van der Waals surface area (Å²) >= 11 is 0. The number of carbonyl (C=O) groups is 5. The van der Waals surface area contributed by atoms with Gasteiger partial charge in [-0.3, -0.25) is 14.4 Å². The Hall–Kier alpha value is -2.31. The second kappa shape index (κ2) is 8.73. The van der Waals surface area contributed by atoms with E-state index in [0.717, 1.165) is 0 Å². The van der Waals surface area contributed by atoms with Crippen LogP contribution in [-0.2, 0) is 33.4 Å². The molecule has 0 spiro atoms. The van der Waals surface area contributed by atoms with Crippen molar-refractivity contribution in [3.05, 3.63) is 12.2 Å². The smallest absolute Gasteiger partial charge is 0.375 e. The van der Waals surface area contributed by atoms with Gasteiger partial charge in [-0.15, -0.1) is 0 Å². The summed E-state index contributed by atoms with van der Waals surface area (Å²) in [4.78, 5) is 55.1. The lowest BCUT2D eigenvalue weighted by Gasteiger charge is -2.05. The Labute approximate surface area is 115 Å². The first-order chi connectivity index (χ1) is 9.23. The minimum atomic E-state index is -1.20. The van der Waals surface area contributed by atoms with Crippen LogP contribution in [-0.4, -0.2) is 42.5 Å². The van der Waals surface area contributed by atoms with E-state index < -0.39 is 36.3 Å². The van der Waals surface area contributed by atoms with Gasteiger partial charge in [0.25, 0.3) is 0 Å². The lowest BCUT2D eigenvalue weighted by molar-refractivity contribution is -0.157. The number of ketones is 3. The van der Waals surface area contributed by atoms with E-state index >= 15 is 0 Å². The Kier molecular flexibility index (Phi) is 7.72. The third-order valence-electron chi connectivity index (χ3n) is 1.93. The average molecular weight is 284 g/mol. The zero-order chi connectivity index (χ0) is 15.7. The Balaban J connectivity index is 3.95. The van der Waals surface area contributed by atoms with Gasteiger partial charge in [0, 0.05) is 5.57 Å². The van der Waals surface area contributed by atoms with Crippen LogP contribution in [0.25, 0.3) is 0 Å². The van der Waals surface area contributed by atoms with Gasteiger partial charge >= 0.3 is 11.9 Å². The van der Waals surface area contributed by atoms with Gasteiger partial charge in [0.2, 0.25) is 5.78 Å². The van der Waals surface area contributed by atoms with Gasteiger partial charge in [-0.25, -0.2) is 9.59 Å². The van der Waals surface area contributed by atoms with Crippen molar-refractivity contribution in [1.82, 2.24) is 0 Å². The molecule has 0 saturated heterocycles. The molecule has 0 radical (unpaired) electrons. The zero-order valence-corrected chi connectivity index (χ0v) is 11.4. The van der Waals surface area contributed by atoms with Gasteiger partial charge in [0.15, 0.2) is 0 Å². The van der Waals surface area contributed by atoms with E-state index in [4.69, 9.17) is 0 Å². The summed E-state index contributed by atoms with van der Waals surface area (Å²) in [5.41, 5.74) is 0.197. The summed E-state index contributed by atoms with van der Waals surface area (Å²) in [6.45, 7) is 5.50. The molecule has 0 saturated carbocycles. The maximum absolute atomic E-state index is 11.2. The summed E-state index contributed by atoms with van der Waals surface area (Å²) in [6, 6.07) is 0. The minimum absolute atomic E-state index is 0.197. The highest BCUT2D eigenvalue weighted by molar-refractivity contribution is 6.37. The Morgan fingerprint density at radius 2 is 1.35 bits per heavy atom. The molecule has 0 aromatic carbocycles. The first kappa shape index (κ1) is 17.7. The lowest BCUT2D eigenvalue weighted by atomic mass is 10.1. The van der Waals surface area contributed by atoms with Gasteiger partial charge in [-0.05, 0) is 13.8 Å². The summed E-state index contributed by atoms with van der Waals surface area (Å²) in [5.74, 6) is -3.91. The number of esters is 2. The second-order valence-electron chi connectivity index (χ2n) is 4.07. The highest BCUT2D eigenvalue weighted by Crippen LogP contribution is 1.96. The summed E-state index contributed by atoms with van der Waals surface area (Å²) < 4.78 is 9.14. The van der Waals surface area contributed by atoms with Crippen LogP contribution in [0.1, 0.15) is 26.7 Å². The third kappa shape index (κ3) is 7.91. The van der Waals surface area contributed by atoms with Crippen molar-refractivity contribution in [3.63, 3.8) is 0 Å². The van der Waals surface area contributed by atoms with Crippen LogP contribution in [0.4, 0.5) is 0 Å². The maximum Gasteiger partial charge on any atom is 0.375 e. The molecule has 0 fully saturated rings. The number of rotatable bonds is 9. The lowest BCUT2D eigenvalue weighted by Crippen LogP contribution is -2.23. The number of Topliss-reactive ketones (excluding diaryl/α,β-unsaturated/α-hetero) is 3. The molecule has 0 aromatic heterocycles. The van der Waals surface area contributed by atoms with Gasteiger partial charge in [-0.2, -0.15) is 0 Å². The SMILES string of the molecule is C=C(C)C(=O)OCCOC(=O)C(=O)CC(=O)CC(C)=O. The zero-order valence-electron chi connectivity index (χ0n) is 11.4. The van der Waals surface area contributed by atoms with E-state index in [1.165, 1.54) is 13.8 Å². The molecule has 0 atom stereocenters. The molecule has 0 aliphatic heterocycles. The molecule has 7 nitrogen and oxygen atoms in total. The third-order valence-corrected chi connectivity index (χ3v) is 1.93. The van der Waals surface area contributed by atoms with Gasteiger partial charge < -0.3 is 9.47 Å². The van der Waals surface area contributed by atoms with Crippen molar-refractivity contribution in [2.24, 2.45) is 0 Å². The fraction of sp³-hybridized carbons (Fsp3) is 0.462. The first-order valence-corrected chi connectivity index (χ1v) is 5.77. The van der Waals surface area contributed by atoms with Crippen molar-refractivity contribution >= 4 is 29.3 Å². The summed E-state index contributed by atoms with van der Waals surface area (Å²) in [7, 11) is 0. The number of hydrogen-bond acceptors (Lipinski definition) is 7. The van der Waals surface area contributed by atoms with Crippen molar-refractivity contribution in [2.45, 2.75) is 26.7 Å². The summed E-state index contributed by atoms with van der Waals surface area (Å²) in [6.07, 6.45) is -1.07. The minimum Gasteiger partial charge on any atom is -0.459 e. The van der Waals surface area contributed by atoms with Crippen LogP contribution in [0.15, 0.2) is 12.2 Å². The topological polar surface area (TPSA) is 104 Å². The number of carbonyl (C=O) groups excluding carboxylic acids is 5. The monoisotopic (exact) mass is 284 g/mol. The van der Waals surface area contributed by atoms with E-state index in [-0.39, 0.29) is 24.6 Å². The highest BCUT2D eigenvalue weighted by Gasteiger charge is 2.20. The standard InChI is InChI=1S/C13H16O7/c1-8(2)12(17)19-4-5-20-13(18)11(16)7-10(15)6-9(3)14/h1,4-7H2,2-3H3. The van der Waals surface area contributed by atoms with E-state index in [1.54, 1.807) is 0 Å². The Morgan fingerprint density at radius 3 is 1.80 bits per heavy atom. The highest BCUT2D eigenvalue weighted by atomic mass is 16.6. The van der Waals surface area contributed by atoms with E-state index in [2.05, 4.69) is 16.1 Å². The average Bonchev–Trinajstić information content (AvgIpc) is 2.32. The van der Waals surface area contributed by atoms with E-state index in [0.29, 0.717) is 0 Å². The van der Waals surface area contributed by atoms with Crippen LogP contribution in [0.5, 0.6) is 0 Å². The molecule has 0 bridgehead atoms. The van der Waals surface area contributed by atoms with Crippen molar-refractivity contribution in [3.8, 4) is 0 Å². The Morgan fingerprint density at radius 1 is 0.850 bits per heavy atom. The predicted molar refractivity (Wildman–Crippen MR) is 66.7 cm³/mol. The molecule has 110 valence electrons. The van der Waals surface area contributed by atoms with Crippen LogP contribution >= 0.6 is 0 Å². The molecule has 0 unspecified atom stereocenters.